The number of amides is 1. The van der Waals surface area contributed by atoms with Gasteiger partial charge in [-0.2, -0.15) is 5.10 Å². The summed E-state index contributed by atoms with van der Waals surface area (Å²) in [6.45, 7) is 5.86. The van der Waals surface area contributed by atoms with Crippen molar-refractivity contribution < 1.29 is 4.79 Å². The highest BCUT2D eigenvalue weighted by Crippen LogP contribution is 2.19. The molecule has 8 heteroatoms. The summed E-state index contributed by atoms with van der Waals surface area (Å²) in [5.74, 6) is 1.17. The van der Waals surface area contributed by atoms with Gasteiger partial charge >= 0.3 is 0 Å². The zero-order valence-electron chi connectivity index (χ0n) is 15.9. The second-order valence-corrected chi connectivity index (χ2v) is 7.37. The standard InChI is InChI=1S/C19H27N7O/c1-23-14-16(11-21-23)17-12-20-13-18(22-17)25-9-7-24(8-10-25)15-19(27)26-5-3-2-4-6-26/h11-14H,2-10,15H2,1H3. The van der Waals surface area contributed by atoms with Crippen LogP contribution in [0, 0.1) is 0 Å². The Morgan fingerprint density at radius 3 is 2.48 bits per heavy atom. The molecule has 0 radical (unpaired) electrons. The number of likely N-dealkylation sites (tertiary alicyclic amines) is 1. The molecule has 0 spiro atoms. The largest absolute Gasteiger partial charge is 0.353 e. The van der Waals surface area contributed by atoms with Gasteiger partial charge in [-0.15, -0.1) is 0 Å². The Kier molecular flexibility index (Phi) is 5.33. The van der Waals surface area contributed by atoms with Crippen molar-refractivity contribution in [3.8, 4) is 11.3 Å². The third-order valence-electron chi connectivity index (χ3n) is 5.39. The minimum atomic E-state index is 0.279. The van der Waals surface area contributed by atoms with Crippen molar-refractivity contribution in [3.05, 3.63) is 24.8 Å². The normalized spacial score (nSPS) is 18.7. The van der Waals surface area contributed by atoms with Gasteiger partial charge in [-0.1, -0.05) is 0 Å². The Morgan fingerprint density at radius 1 is 1.00 bits per heavy atom. The molecule has 0 aliphatic carbocycles. The van der Waals surface area contributed by atoms with Gasteiger partial charge in [0.25, 0.3) is 0 Å². The van der Waals surface area contributed by atoms with Crippen LogP contribution in [-0.4, -0.2) is 81.3 Å². The average molecular weight is 369 g/mol. The second kappa shape index (κ2) is 8.04. The molecule has 2 aliphatic heterocycles. The third kappa shape index (κ3) is 4.27. The predicted octanol–water partition coefficient (Wildman–Crippen LogP) is 1.01. The first-order chi connectivity index (χ1) is 13.2. The van der Waals surface area contributed by atoms with E-state index in [1.807, 2.05) is 24.3 Å². The number of piperidine rings is 1. The molecule has 0 atom stereocenters. The molecule has 4 heterocycles. The SMILES string of the molecule is Cn1cc(-c2cncc(N3CCN(CC(=O)N4CCCCC4)CC3)n2)cn1. The summed E-state index contributed by atoms with van der Waals surface area (Å²) in [7, 11) is 1.89. The molecule has 2 aromatic heterocycles. The van der Waals surface area contributed by atoms with Crippen molar-refractivity contribution in [1.82, 2.24) is 29.5 Å². The Labute approximate surface area is 159 Å². The van der Waals surface area contributed by atoms with E-state index < -0.39 is 0 Å². The Balaban J connectivity index is 1.33. The summed E-state index contributed by atoms with van der Waals surface area (Å²) in [6.07, 6.45) is 10.9. The topological polar surface area (TPSA) is 70.4 Å². The van der Waals surface area contributed by atoms with Crippen molar-refractivity contribution in [1.29, 1.82) is 0 Å². The lowest BCUT2D eigenvalue weighted by atomic mass is 10.1. The van der Waals surface area contributed by atoms with Crippen molar-refractivity contribution in [3.63, 3.8) is 0 Å². The minimum Gasteiger partial charge on any atom is -0.353 e. The number of carbonyl (C=O) groups is 1. The summed E-state index contributed by atoms with van der Waals surface area (Å²) in [6, 6.07) is 0. The molecule has 27 heavy (non-hydrogen) atoms. The maximum atomic E-state index is 12.5. The number of nitrogens with zero attached hydrogens (tertiary/aromatic N) is 7. The molecule has 0 saturated carbocycles. The van der Waals surface area contributed by atoms with Gasteiger partial charge in [0.05, 0.1) is 30.8 Å². The van der Waals surface area contributed by atoms with Crippen LogP contribution in [0.4, 0.5) is 5.82 Å². The summed E-state index contributed by atoms with van der Waals surface area (Å²) >= 11 is 0. The Bertz CT molecular complexity index is 776. The molecular formula is C19H27N7O. The fraction of sp³-hybridized carbons (Fsp3) is 0.579. The first-order valence-corrected chi connectivity index (χ1v) is 9.75. The van der Waals surface area contributed by atoms with E-state index in [4.69, 9.17) is 4.98 Å². The molecule has 0 bridgehead atoms. The van der Waals surface area contributed by atoms with Gasteiger partial charge in [0, 0.05) is 58.1 Å². The van der Waals surface area contributed by atoms with Gasteiger partial charge in [0.1, 0.15) is 5.82 Å². The van der Waals surface area contributed by atoms with E-state index >= 15 is 0 Å². The summed E-state index contributed by atoms with van der Waals surface area (Å²) in [5, 5.41) is 4.20. The lowest BCUT2D eigenvalue weighted by molar-refractivity contribution is -0.133. The fourth-order valence-electron chi connectivity index (χ4n) is 3.77. The van der Waals surface area contributed by atoms with Crippen LogP contribution in [0.25, 0.3) is 11.3 Å². The van der Waals surface area contributed by atoms with Gasteiger partial charge in [-0.05, 0) is 19.3 Å². The smallest absolute Gasteiger partial charge is 0.236 e. The first-order valence-electron chi connectivity index (χ1n) is 9.75. The van der Waals surface area contributed by atoms with E-state index in [-0.39, 0.29) is 5.91 Å². The highest BCUT2D eigenvalue weighted by molar-refractivity contribution is 5.78. The number of aromatic nitrogens is 4. The van der Waals surface area contributed by atoms with Crippen molar-refractivity contribution >= 4 is 11.7 Å². The van der Waals surface area contributed by atoms with E-state index in [0.29, 0.717) is 6.54 Å². The van der Waals surface area contributed by atoms with Gasteiger partial charge in [-0.25, -0.2) is 4.98 Å². The van der Waals surface area contributed by atoms with Gasteiger partial charge in [0.15, 0.2) is 0 Å². The lowest BCUT2D eigenvalue weighted by Gasteiger charge is -2.36. The molecule has 2 aliphatic rings. The van der Waals surface area contributed by atoms with E-state index in [1.165, 1.54) is 6.42 Å². The molecule has 4 rings (SSSR count). The van der Waals surface area contributed by atoms with E-state index in [0.717, 1.165) is 69.2 Å². The number of anilines is 1. The van der Waals surface area contributed by atoms with Crippen LogP contribution in [0.1, 0.15) is 19.3 Å². The molecule has 0 N–H and O–H groups in total. The van der Waals surface area contributed by atoms with Crippen LogP contribution in [0.15, 0.2) is 24.8 Å². The number of rotatable bonds is 4. The van der Waals surface area contributed by atoms with E-state index in [9.17, 15) is 4.79 Å². The molecular weight excluding hydrogens is 342 g/mol. The van der Waals surface area contributed by atoms with Crippen LogP contribution in [-0.2, 0) is 11.8 Å². The van der Waals surface area contributed by atoms with Gasteiger partial charge < -0.3 is 9.80 Å². The molecule has 0 unspecified atom stereocenters. The zero-order chi connectivity index (χ0) is 18.6. The number of piperazine rings is 1. The quantitative estimate of drug-likeness (QED) is 0.801. The molecule has 1 amide bonds. The Morgan fingerprint density at radius 2 is 1.78 bits per heavy atom. The molecule has 2 fully saturated rings. The maximum Gasteiger partial charge on any atom is 0.236 e. The number of hydrogen-bond donors (Lipinski definition) is 0. The van der Waals surface area contributed by atoms with Crippen molar-refractivity contribution in [2.45, 2.75) is 19.3 Å². The van der Waals surface area contributed by atoms with Crippen LogP contribution in [0.2, 0.25) is 0 Å². The molecule has 2 saturated heterocycles. The van der Waals surface area contributed by atoms with Crippen LogP contribution in [0.5, 0.6) is 0 Å². The molecule has 8 nitrogen and oxygen atoms in total. The van der Waals surface area contributed by atoms with E-state index in [1.54, 1.807) is 17.1 Å². The number of hydrogen-bond acceptors (Lipinski definition) is 6. The monoisotopic (exact) mass is 369 g/mol. The average Bonchev–Trinajstić information content (AvgIpc) is 3.16. The van der Waals surface area contributed by atoms with Crippen molar-refractivity contribution in [2.24, 2.45) is 7.05 Å². The zero-order valence-corrected chi connectivity index (χ0v) is 15.9. The molecule has 144 valence electrons. The second-order valence-electron chi connectivity index (χ2n) is 7.37. The summed E-state index contributed by atoms with van der Waals surface area (Å²) in [5.41, 5.74) is 1.81. The summed E-state index contributed by atoms with van der Waals surface area (Å²) in [4.78, 5) is 28.1. The molecule has 2 aromatic rings. The van der Waals surface area contributed by atoms with Crippen LogP contribution >= 0.6 is 0 Å². The fourth-order valence-corrected chi connectivity index (χ4v) is 3.77. The minimum absolute atomic E-state index is 0.279. The number of carbonyl (C=O) groups excluding carboxylic acids is 1. The van der Waals surface area contributed by atoms with Gasteiger partial charge in [0.2, 0.25) is 5.91 Å². The number of aryl methyl sites for hydroxylation is 1. The maximum absolute atomic E-state index is 12.5. The van der Waals surface area contributed by atoms with Crippen LogP contribution in [0.3, 0.4) is 0 Å². The third-order valence-corrected chi connectivity index (χ3v) is 5.39. The first kappa shape index (κ1) is 17.9. The molecule has 0 aromatic carbocycles. The van der Waals surface area contributed by atoms with Gasteiger partial charge in [-0.3, -0.25) is 19.4 Å². The summed E-state index contributed by atoms with van der Waals surface area (Å²) < 4.78 is 1.77. The lowest BCUT2D eigenvalue weighted by Crippen LogP contribution is -2.51. The van der Waals surface area contributed by atoms with E-state index in [2.05, 4.69) is 19.9 Å². The predicted molar refractivity (Wildman–Crippen MR) is 103 cm³/mol. The van der Waals surface area contributed by atoms with Crippen LogP contribution < -0.4 is 4.90 Å². The highest BCUT2D eigenvalue weighted by atomic mass is 16.2. The Hall–Kier alpha value is -2.48. The highest BCUT2D eigenvalue weighted by Gasteiger charge is 2.23. The van der Waals surface area contributed by atoms with Crippen molar-refractivity contribution in [2.75, 3.05) is 50.7 Å².